The van der Waals surface area contributed by atoms with Crippen LogP contribution in [0.3, 0.4) is 0 Å². The minimum atomic E-state index is -7.26. The van der Waals surface area contributed by atoms with Gasteiger partial charge >= 0.3 is 0 Å². The molecule has 0 saturated heterocycles. The van der Waals surface area contributed by atoms with Crippen LogP contribution in [0.25, 0.3) is 72.3 Å². The van der Waals surface area contributed by atoms with Crippen molar-refractivity contribution in [3.05, 3.63) is 368 Å². The van der Waals surface area contributed by atoms with Crippen molar-refractivity contribution in [2.45, 2.75) is 78.6 Å². The lowest BCUT2D eigenvalue weighted by atomic mass is 9.79. The minimum Gasteiger partial charge on any atom is -0.458 e. The molecule has 3 aromatic heterocycles. The molecular weight excluding hydrogens is 1280 g/mol. The molecule has 0 bridgehead atoms. The van der Waals surface area contributed by atoms with Crippen LogP contribution in [0.1, 0.15) is 127 Å². The van der Waals surface area contributed by atoms with Gasteiger partial charge in [0.15, 0.2) is 16.1 Å². The second-order valence-electron chi connectivity index (χ2n) is 28.0. The molecule has 0 aliphatic rings. The summed E-state index contributed by atoms with van der Waals surface area (Å²) in [5.41, 5.74) is 0.158. The van der Waals surface area contributed by atoms with Gasteiger partial charge in [-0.2, -0.15) is 0 Å². The number of benzene rings is 13. The van der Waals surface area contributed by atoms with Crippen LogP contribution in [0.15, 0.2) is 345 Å². The van der Waals surface area contributed by atoms with E-state index in [4.69, 9.17) is 11.1 Å². The lowest BCUT2D eigenvalue weighted by molar-refractivity contribution is -0.570. The number of hydrogen-bond acceptors (Lipinski definition) is 2. The third-order valence-electron chi connectivity index (χ3n) is 18.6. The first-order chi connectivity index (χ1) is 64.4. The molecule has 0 unspecified atom stereocenters. The van der Waals surface area contributed by atoms with Crippen LogP contribution in [0.2, 0.25) is 0 Å². The van der Waals surface area contributed by atoms with E-state index in [1.54, 1.807) is 48.7 Å². The van der Waals surface area contributed by atoms with E-state index in [2.05, 4.69) is 33.2 Å². The van der Waals surface area contributed by atoms with Crippen LogP contribution in [-0.2, 0) is 16.2 Å². The number of rotatable bonds is 15. The van der Waals surface area contributed by atoms with E-state index in [1.165, 1.54) is 10.6 Å². The van der Waals surface area contributed by atoms with E-state index in [1.807, 2.05) is 107 Å². The number of nitrogens with zero attached hydrogens (tertiary/aromatic N) is 4. The summed E-state index contributed by atoms with van der Waals surface area (Å²) in [6.07, 6.45) is 5.14. The highest BCUT2D eigenvalue weighted by molar-refractivity contribution is 7.22. The lowest BCUT2D eigenvalue weighted by Crippen LogP contribution is -2.80. The number of aromatic nitrogens is 4. The third-order valence-corrected chi connectivity index (χ3v) is 27.0. The molecule has 502 valence electrons. The van der Waals surface area contributed by atoms with Gasteiger partial charge in [0, 0.05) is 23.0 Å². The molecule has 103 heavy (non-hydrogen) atoms. The molecule has 0 aliphatic heterocycles. The minimum absolute atomic E-state index is 0.0280. The zero-order valence-corrected chi connectivity index (χ0v) is 59.4. The molecule has 13 aromatic carbocycles. The summed E-state index contributed by atoms with van der Waals surface area (Å²) in [6.45, 7) is 18.3. The Hall–Kier alpha value is -11.5. The van der Waals surface area contributed by atoms with Gasteiger partial charge < -0.3 is 4.74 Å². The van der Waals surface area contributed by atoms with Crippen molar-refractivity contribution in [2.24, 2.45) is 0 Å². The highest BCUT2D eigenvalue weighted by Gasteiger charge is 2.49. The van der Waals surface area contributed by atoms with Gasteiger partial charge in [0.25, 0.3) is 6.33 Å². The first-order valence-corrected chi connectivity index (χ1v) is 37.1. The predicted molar refractivity (Wildman–Crippen MR) is 436 cm³/mol. The lowest BCUT2D eigenvalue weighted by Gasteiger charge is -2.41. The maximum atomic E-state index is 10.7. The molecule has 0 aliphatic carbocycles. The van der Waals surface area contributed by atoms with E-state index >= 15 is 0 Å². The second-order valence-corrected chi connectivity index (χ2v) is 35.1. The number of imidazole rings is 1. The number of fused-ring (bicyclic) bond motifs is 4. The topological polar surface area (TPSA) is 35.9 Å². The van der Waals surface area contributed by atoms with Crippen molar-refractivity contribution in [1.29, 1.82) is 0 Å². The van der Waals surface area contributed by atoms with Crippen LogP contribution in [-0.4, -0.2) is 30.3 Å². The molecule has 16 aromatic rings. The van der Waals surface area contributed by atoms with E-state index in [0.717, 1.165) is 49.7 Å². The van der Waals surface area contributed by atoms with Crippen LogP contribution >= 0.6 is 0 Å². The fraction of sp³-hybridized carbons (Fsp3) is 0.125. The Morgan fingerprint density at radius 3 is 1.32 bits per heavy atom. The Morgan fingerprint density at radius 1 is 0.369 bits per heavy atom. The summed E-state index contributed by atoms with van der Waals surface area (Å²) in [4.78, 5) is 4.88. The molecular formula is C96H84N4OSi2. The molecule has 0 atom stereocenters. The van der Waals surface area contributed by atoms with Crippen LogP contribution < -0.4 is 50.8 Å². The SMILES string of the molecule is [2H]c1c([2H])c([2H])c(-c2cc([Si](c3c([2H])c([2H])c([2H])c([2H])c3[2H])(c3c([2H])c([2H])c([2H])c([2H])c3[2H])c3c([2H])c([2H])c([2H])c([2H])c3[2H])c(-[n+]3[c-]n(-c4cccc(Oc5ccc6c7ccccc7n(-c7cc(C(C)(C)C)ccn7)c6c5)c4)c4cc(-c5cc(C(C)(C)C)cc(C(C)(C)C)c5)ccc43)c([Si](c3c([2H])c([2H])c([2H])c([2H])c3[2H])(c3c([2H])c([2H])c([2H])c([2H])c3[2H])c3c([2H])c([2H])c([2H])c([2H])c3[2H])c2)c([2H])c1[2H]. The Morgan fingerprint density at radius 2 is 0.825 bits per heavy atom. The Kier molecular flexibility index (Phi) is 9.62. The molecule has 0 amide bonds. The van der Waals surface area contributed by atoms with E-state index in [-0.39, 0.29) is 33.6 Å². The molecule has 0 radical (unpaired) electrons. The van der Waals surface area contributed by atoms with E-state index < -0.39 is 297 Å². The Balaban J connectivity index is 1.26. The quantitative estimate of drug-likeness (QED) is 0.0444. The molecule has 0 fully saturated rings. The summed E-state index contributed by atoms with van der Waals surface area (Å²) in [7, 11) is -14.5. The van der Waals surface area contributed by atoms with Gasteiger partial charge in [-0.25, -0.2) is 4.98 Å². The van der Waals surface area contributed by atoms with Crippen molar-refractivity contribution in [3.63, 3.8) is 0 Å². The smallest absolute Gasteiger partial charge is 0.269 e. The van der Waals surface area contributed by atoms with Crippen molar-refractivity contribution in [1.82, 2.24) is 14.1 Å². The van der Waals surface area contributed by atoms with Crippen LogP contribution in [0.5, 0.6) is 11.5 Å². The number of ether oxygens (including phenoxy) is 1. The average molecular weight is 1400 g/mol. The van der Waals surface area contributed by atoms with E-state index in [0.29, 0.717) is 22.5 Å². The summed E-state index contributed by atoms with van der Waals surface area (Å²) < 4.78 is 363. The molecule has 0 N–H and O–H groups in total. The second kappa shape index (κ2) is 26.5. The molecule has 0 saturated carbocycles. The summed E-state index contributed by atoms with van der Waals surface area (Å²) in [6, 6.07) is -10.8. The first kappa shape index (κ1) is 37.4. The van der Waals surface area contributed by atoms with Crippen molar-refractivity contribution in [2.75, 3.05) is 0 Å². The zero-order chi connectivity index (χ0) is 101. The van der Waals surface area contributed by atoms with Crippen molar-refractivity contribution >= 4 is 90.5 Å². The predicted octanol–water partition coefficient (Wildman–Crippen LogP) is 18.0. The highest BCUT2D eigenvalue weighted by atomic mass is 28.3. The van der Waals surface area contributed by atoms with Gasteiger partial charge in [-0.05, 0) is 151 Å². The third kappa shape index (κ3) is 12.0. The number of pyridine rings is 1. The fourth-order valence-electron chi connectivity index (χ4n) is 13.6. The normalized spacial score (nSPS) is 17.1. The Bertz CT molecular complexity index is 7220. The maximum absolute atomic E-state index is 10.7. The largest absolute Gasteiger partial charge is 0.458 e. The monoisotopic (exact) mass is 1400 g/mol. The van der Waals surface area contributed by atoms with Crippen LogP contribution in [0, 0.1) is 6.33 Å². The van der Waals surface area contributed by atoms with Gasteiger partial charge in [0.2, 0.25) is 0 Å². The average Bonchev–Trinajstić information content (AvgIpc) is 0.924. The van der Waals surface area contributed by atoms with Gasteiger partial charge in [0.1, 0.15) is 17.3 Å². The van der Waals surface area contributed by atoms with Gasteiger partial charge in [-0.3, -0.25) is 13.7 Å². The summed E-state index contributed by atoms with van der Waals surface area (Å²) in [5, 5.41) is -8.38. The van der Waals surface area contributed by atoms with Gasteiger partial charge in [-0.15, -0.1) is 0 Å². The number of hydrogen-bond donors (Lipinski definition) is 0. The molecule has 3 heterocycles. The zero-order valence-electron chi connectivity index (χ0n) is 92.4. The molecule has 0 spiro atoms. The van der Waals surface area contributed by atoms with Crippen molar-refractivity contribution in [3.8, 4) is 50.9 Å². The number of para-hydroxylation sites is 1. The van der Waals surface area contributed by atoms with Gasteiger partial charge in [0.05, 0.1) is 81.4 Å². The van der Waals surface area contributed by atoms with Gasteiger partial charge in [-0.1, -0.05) is 341 Å². The molecule has 16 rings (SSSR count). The van der Waals surface area contributed by atoms with Crippen LogP contribution in [0.4, 0.5) is 0 Å². The Labute approximate surface area is 657 Å². The first-order valence-electron chi connectivity index (χ1n) is 50.6. The molecule has 5 nitrogen and oxygen atoms in total. The summed E-state index contributed by atoms with van der Waals surface area (Å²) in [5.74, 6) is 0.900. The van der Waals surface area contributed by atoms with Crippen molar-refractivity contribution < 1.29 is 57.3 Å². The highest BCUT2D eigenvalue weighted by Crippen LogP contribution is 2.39. The standard InChI is InChI=1S/C96H84N4OSi2/c1-94(2,3)72-56-57-97-92(64-72)100-86-51-32-31-50-84(86)85-54-53-77(66-88(85)100)101-76-37-33-36-75(65-76)98-67-99(87-55-52-69(60-89(87)98)70-58-73(95(4,5)6)63-74(59-70)96(7,8)9)93-90(102(78-38-19-11-20-39-78,79-40-21-12-22-41-79)80-42-23-13-24-43-80)61-71(68-34-17-10-18-35-68)62-91(93)103(81-44-25-14-26-45-81,82-46-27-15-28-47-82)83-48-29-16-30-49-83/h10-66H,1-9H3/i10D,11D,12D,13D,14D,15D,16D,17D,18D,19D,20D,21D,22D,23D,24D,25D,26D,27D,28D,29D,30D,34D,35D,38D,39D,40D,41D,42D,43D,44D,45D,46D,47D,48D,49D. The van der Waals surface area contributed by atoms with E-state index in [9.17, 15) is 46.6 Å². The molecule has 7 heteroatoms. The summed E-state index contributed by atoms with van der Waals surface area (Å²) >= 11 is 0. The fourth-order valence-corrected chi connectivity index (χ4v) is 21.8. The maximum Gasteiger partial charge on any atom is 0.269 e.